The van der Waals surface area contributed by atoms with Crippen LogP contribution in [-0.2, 0) is 19.5 Å². The summed E-state index contributed by atoms with van der Waals surface area (Å²) in [6, 6.07) is 0. The Labute approximate surface area is 105 Å². The Morgan fingerprint density at radius 2 is 1.94 bits per heavy atom. The second-order valence-electron chi connectivity index (χ2n) is 3.75. The van der Waals surface area contributed by atoms with Crippen molar-refractivity contribution in [1.82, 2.24) is 4.31 Å². The first-order chi connectivity index (χ1) is 8.04. The van der Waals surface area contributed by atoms with Crippen LogP contribution in [0.15, 0.2) is 0 Å². The van der Waals surface area contributed by atoms with E-state index in [-0.39, 0.29) is 6.10 Å². The van der Waals surface area contributed by atoms with Crippen molar-refractivity contribution in [2.24, 2.45) is 0 Å². The third-order valence-corrected chi connectivity index (χ3v) is 3.72. The third kappa shape index (κ3) is 6.98. The van der Waals surface area contributed by atoms with Crippen LogP contribution >= 0.6 is 0 Å². The van der Waals surface area contributed by atoms with Gasteiger partial charge in [0.2, 0.25) is 10.0 Å². The molecule has 1 heterocycles. The highest BCUT2D eigenvalue weighted by Crippen LogP contribution is 2.15. The predicted octanol–water partition coefficient (Wildman–Crippen LogP) is 1.10. The summed E-state index contributed by atoms with van der Waals surface area (Å²) in [5.74, 6) is 0. The number of methoxy groups -OCH3 is 1. The van der Waals surface area contributed by atoms with Crippen molar-refractivity contribution in [3.8, 4) is 0 Å². The molecule has 0 saturated carbocycles. The maximum atomic E-state index is 11.3. The molecule has 0 aliphatic carbocycles. The molecule has 1 unspecified atom stereocenters. The molecule has 1 fully saturated rings. The van der Waals surface area contributed by atoms with Crippen molar-refractivity contribution in [1.29, 1.82) is 0 Å². The van der Waals surface area contributed by atoms with Crippen LogP contribution in [0.4, 0.5) is 0 Å². The van der Waals surface area contributed by atoms with Crippen LogP contribution in [0.2, 0.25) is 0 Å². The van der Waals surface area contributed by atoms with Crippen molar-refractivity contribution in [2.75, 3.05) is 39.7 Å². The minimum absolute atomic E-state index is 0.0172. The average molecular weight is 267 g/mol. The van der Waals surface area contributed by atoms with Crippen LogP contribution in [0.5, 0.6) is 0 Å². The Morgan fingerprint density at radius 3 is 2.47 bits per heavy atom. The predicted molar refractivity (Wildman–Crippen MR) is 68.6 cm³/mol. The number of rotatable bonds is 5. The fraction of sp³-hybridized carbons (Fsp3) is 1.00. The molecule has 17 heavy (non-hydrogen) atoms. The number of nitrogens with zero attached hydrogens (tertiary/aromatic N) is 1. The Kier molecular flexibility index (Phi) is 8.77. The zero-order valence-corrected chi connectivity index (χ0v) is 12.1. The minimum atomic E-state index is -3.07. The molecule has 5 nitrogen and oxygen atoms in total. The van der Waals surface area contributed by atoms with Crippen LogP contribution in [0.1, 0.15) is 26.7 Å². The molecule has 0 N–H and O–H groups in total. The van der Waals surface area contributed by atoms with Gasteiger partial charge in [0.15, 0.2) is 0 Å². The van der Waals surface area contributed by atoms with Crippen LogP contribution in [0.3, 0.4) is 0 Å². The zero-order valence-electron chi connectivity index (χ0n) is 11.3. The highest BCUT2D eigenvalue weighted by atomic mass is 32.2. The summed E-state index contributed by atoms with van der Waals surface area (Å²) >= 11 is 0. The first-order valence-corrected chi connectivity index (χ1v) is 7.94. The molecule has 0 aromatic heterocycles. The Hall–Kier alpha value is -0.170. The van der Waals surface area contributed by atoms with E-state index in [9.17, 15) is 8.42 Å². The topological polar surface area (TPSA) is 55.8 Å². The van der Waals surface area contributed by atoms with Gasteiger partial charge in [-0.15, -0.1) is 0 Å². The van der Waals surface area contributed by atoms with E-state index in [0.717, 1.165) is 12.8 Å². The quantitative estimate of drug-likeness (QED) is 0.700. The summed E-state index contributed by atoms with van der Waals surface area (Å²) in [6.07, 6.45) is 3.05. The number of hydrogen-bond donors (Lipinski definition) is 0. The number of hydrogen-bond acceptors (Lipinski definition) is 4. The lowest BCUT2D eigenvalue weighted by Gasteiger charge is -2.30. The first kappa shape index (κ1) is 16.8. The normalized spacial score (nSPS) is 21.8. The van der Waals surface area contributed by atoms with E-state index in [2.05, 4.69) is 0 Å². The standard InChI is InChI=1S/C9H19NO4S.C2H6/c1-13-6-7-14-9-4-3-5-10(8-9)15(2,11)12;1-2/h9H,3-8H2,1-2H3;1-2H3. The molecule has 0 amide bonds. The minimum Gasteiger partial charge on any atom is -0.382 e. The van der Waals surface area contributed by atoms with Crippen molar-refractivity contribution >= 4 is 10.0 Å². The first-order valence-electron chi connectivity index (χ1n) is 6.09. The molecule has 1 aliphatic rings. The molecule has 1 atom stereocenters. The maximum absolute atomic E-state index is 11.3. The third-order valence-electron chi connectivity index (χ3n) is 2.45. The van der Waals surface area contributed by atoms with Crippen molar-refractivity contribution < 1.29 is 17.9 Å². The lowest BCUT2D eigenvalue weighted by molar-refractivity contribution is -0.00642. The fourth-order valence-corrected chi connectivity index (χ4v) is 2.54. The summed E-state index contributed by atoms with van der Waals surface area (Å²) in [5, 5.41) is 0. The van der Waals surface area contributed by atoms with Gasteiger partial charge in [-0.1, -0.05) is 13.8 Å². The molecule has 6 heteroatoms. The second kappa shape index (κ2) is 8.85. The molecule has 1 saturated heterocycles. The van der Waals surface area contributed by atoms with E-state index >= 15 is 0 Å². The zero-order chi connectivity index (χ0) is 13.3. The van der Waals surface area contributed by atoms with Gasteiger partial charge in [0.1, 0.15) is 0 Å². The van der Waals surface area contributed by atoms with Gasteiger partial charge in [-0.05, 0) is 12.8 Å². The molecular weight excluding hydrogens is 242 g/mol. The van der Waals surface area contributed by atoms with Gasteiger partial charge in [-0.25, -0.2) is 8.42 Å². The average Bonchev–Trinajstić information content (AvgIpc) is 2.31. The van der Waals surface area contributed by atoms with Gasteiger partial charge in [-0.2, -0.15) is 4.31 Å². The molecule has 1 rings (SSSR count). The molecule has 0 aromatic carbocycles. The molecule has 1 aliphatic heterocycles. The summed E-state index contributed by atoms with van der Waals surface area (Å²) < 4.78 is 34.5. The highest BCUT2D eigenvalue weighted by molar-refractivity contribution is 7.88. The van der Waals surface area contributed by atoms with E-state index in [4.69, 9.17) is 9.47 Å². The number of ether oxygens (including phenoxy) is 2. The highest BCUT2D eigenvalue weighted by Gasteiger charge is 2.25. The number of sulfonamides is 1. The van der Waals surface area contributed by atoms with E-state index < -0.39 is 10.0 Å². The largest absolute Gasteiger partial charge is 0.382 e. The summed E-state index contributed by atoms with van der Waals surface area (Å²) in [5.41, 5.74) is 0. The van der Waals surface area contributed by atoms with Gasteiger partial charge >= 0.3 is 0 Å². The van der Waals surface area contributed by atoms with Gasteiger partial charge in [0.25, 0.3) is 0 Å². The summed E-state index contributed by atoms with van der Waals surface area (Å²) in [6.45, 7) is 6.17. The molecular formula is C11H25NO4S. The molecule has 0 aromatic rings. The molecule has 104 valence electrons. The SMILES string of the molecule is CC.COCCOC1CCCN(S(C)(=O)=O)C1. The lowest BCUT2D eigenvalue weighted by Crippen LogP contribution is -2.42. The van der Waals surface area contributed by atoms with Gasteiger partial charge < -0.3 is 9.47 Å². The van der Waals surface area contributed by atoms with Gasteiger partial charge in [0.05, 0.1) is 25.6 Å². The fourth-order valence-electron chi connectivity index (χ4n) is 1.64. The van der Waals surface area contributed by atoms with Gasteiger partial charge in [0, 0.05) is 20.2 Å². The van der Waals surface area contributed by atoms with E-state index in [1.807, 2.05) is 13.8 Å². The lowest BCUT2D eigenvalue weighted by atomic mass is 10.1. The van der Waals surface area contributed by atoms with Gasteiger partial charge in [-0.3, -0.25) is 0 Å². The van der Waals surface area contributed by atoms with Crippen molar-refractivity contribution in [3.05, 3.63) is 0 Å². The van der Waals surface area contributed by atoms with Crippen LogP contribution in [0, 0.1) is 0 Å². The Bertz CT molecular complexity index is 279. The second-order valence-corrected chi connectivity index (χ2v) is 5.73. The number of piperidine rings is 1. The molecule has 0 bridgehead atoms. The van der Waals surface area contributed by atoms with E-state index in [1.54, 1.807) is 7.11 Å². The summed E-state index contributed by atoms with van der Waals surface area (Å²) in [4.78, 5) is 0. The molecule has 0 radical (unpaired) electrons. The van der Waals surface area contributed by atoms with Crippen molar-refractivity contribution in [3.63, 3.8) is 0 Å². The summed E-state index contributed by atoms with van der Waals surface area (Å²) in [7, 11) is -1.45. The smallest absolute Gasteiger partial charge is 0.211 e. The monoisotopic (exact) mass is 267 g/mol. The Morgan fingerprint density at radius 1 is 1.29 bits per heavy atom. The van der Waals surface area contributed by atoms with Crippen LogP contribution < -0.4 is 0 Å². The maximum Gasteiger partial charge on any atom is 0.211 e. The van der Waals surface area contributed by atoms with Crippen LogP contribution in [-0.4, -0.2) is 58.5 Å². The van der Waals surface area contributed by atoms with E-state index in [0.29, 0.717) is 26.3 Å². The van der Waals surface area contributed by atoms with Crippen LogP contribution in [0.25, 0.3) is 0 Å². The van der Waals surface area contributed by atoms with E-state index in [1.165, 1.54) is 10.6 Å². The molecule has 0 spiro atoms. The Balaban J connectivity index is 0.00000121. The van der Waals surface area contributed by atoms with Crippen molar-refractivity contribution in [2.45, 2.75) is 32.8 Å².